The summed E-state index contributed by atoms with van der Waals surface area (Å²) in [6, 6.07) is 15.9. The summed E-state index contributed by atoms with van der Waals surface area (Å²) in [5.74, 6) is -0.917. The largest absolute Gasteiger partial charge is 0.508 e. The van der Waals surface area contributed by atoms with E-state index in [9.17, 15) is 24.6 Å². The number of hydrogen-bond acceptors (Lipinski definition) is 6. The molecule has 0 radical (unpaired) electrons. The number of ether oxygens (including phenoxy) is 1. The highest BCUT2D eigenvalue weighted by Gasteiger charge is 2.49. The first-order valence-corrected chi connectivity index (χ1v) is 14.5. The molecule has 4 unspecified atom stereocenters. The van der Waals surface area contributed by atoms with Gasteiger partial charge in [-0.1, -0.05) is 55.5 Å². The third kappa shape index (κ3) is 7.85. The minimum Gasteiger partial charge on any atom is -0.508 e. The van der Waals surface area contributed by atoms with E-state index in [2.05, 4.69) is 10.6 Å². The van der Waals surface area contributed by atoms with Gasteiger partial charge < -0.3 is 30.5 Å². The quantitative estimate of drug-likeness (QED) is 0.252. The van der Waals surface area contributed by atoms with Gasteiger partial charge in [0, 0.05) is 23.7 Å². The second-order valence-corrected chi connectivity index (χ2v) is 12.3. The van der Waals surface area contributed by atoms with E-state index in [1.807, 2.05) is 39.0 Å². The van der Waals surface area contributed by atoms with E-state index in [1.165, 1.54) is 23.1 Å². The molecule has 1 saturated carbocycles. The smallest absolute Gasteiger partial charge is 0.408 e. The summed E-state index contributed by atoms with van der Waals surface area (Å²) in [5.41, 5.74) is 2.52. The van der Waals surface area contributed by atoms with Crippen LogP contribution in [0.5, 0.6) is 11.5 Å². The third-order valence-electron chi connectivity index (χ3n) is 7.53. The van der Waals surface area contributed by atoms with Gasteiger partial charge in [-0.15, -0.1) is 0 Å². The second kappa shape index (κ2) is 12.8. The number of amides is 3. The zero-order valence-corrected chi connectivity index (χ0v) is 25.5. The summed E-state index contributed by atoms with van der Waals surface area (Å²) in [6.07, 6.45) is -0.0279. The standard InChI is InChI=1S/C34H41N3O6/c1-20-10-9-11-21(2)29(20)36-31(40)30(25-12-7-8-13-28(25)39)37(27-18-22(27)3)32(41)26(35-33(42)43-34(4,5)6)19-23-14-16-24(38)17-15-23/h7-17,22,26-27,30,38-39H,18-19H2,1-6H3,(H,35,42)(H,36,40). The second-order valence-electron chi connectivity index (χ2n) is 12.3. The number of nitrogens with zero attached hydrogens (tertiary/aromatic N) is 1. The van der Waals surface area contributed by atoms with Gasteiger partial charge in [-0.3, -0.25) is 9.59 Å². The molecule has 228 valence electrons. The van der Waals surface area contributed by atoms with E-state index in [1.54, 1.807) is 51.1 Å². The van der Waals surface area contributed by atoms with E-state index in [0.717, 1.165) is 11.1 Å². The zero-order chi connectivity index (χ0) is 31.5. The summed E-state index contributed by atoms with van der Waals surface area (Å²) in [4.78, 5) is 43.3. The maximum Gasteiger partial charge on any atom is 0.408 e. The Labute approximate surface area is 252 Å². The molecule has 1 aliphatic rings. The molecule has 0 saturated heterocycles. The average molecular weight is 588 g/mol. The molecule has 4 rings (SSSR count). The van der Waals surface area contributed by atoms with Crippen molar-refractivity contribution in [2.45, 2.75) is 78.1 Å². The molecule has 0 bridgehead atoms. The number of rotatable bonds is 9. The minimum absolute atomic E-state index is 0.0722. The first-order valence-electron chi connectivity index (χ1n) is 14.5. The molecule has 9 nitrogen and oxygen atoms in total. The summed E-state index contributed by atoms with van der Waals surface area (Å²) in [6.45, 7) is 11.0. The number of aromatic hydroxyl groups is 2. The highest BCUT2D eigenvalue weighted by atomic mass is 16.6. The highest BCUT2D eigenvalue weighted by molar-refractivity contribution is 6.00. The highest BCUT2D eigenvalue weighted by Crippen LogP contribution is 2.43. The third-order valence-corrected chi connectivity index (χ3v) is 7.53. The van der Waals surface area contributed by atoms with Crippen molar-refractivity contribution in [3.63, 3.8) is 0 Å². The first-order chi connectivity index (χ1) is 20.2. The lowest BCUT2D eigenvalue weighted by molar-refractivity contribution is -0.141. The van der Waals surface area contributed by atoms with Crippen LogP contribution in [0.25, 0.3) is 0 Å². The number of para-hydroxylation sites is 2. The molecular weight excluding hydrogens is 546 g/mol. The number of hydrogen-bond donors (Lipinski definition) is 4. The van der Waals surface area contributed by atoms with Gasteiger partial charge in [-0.05, 0) is 81.8 Å². The van der Waals surface area contributed by atoms with E-state index in [0.29, 0.717) is 17.7 Å². The Bertz CT molecular complexity index is 1460. The zero-order valence-electron chi connectivity index (χ0n) is 25.5. The number of benzene rings is 3. The number of carbonyl (C=O) groups is 3. The number of alkyl carbamates (subject to hydrolysis) is 1. The lowest BCUT2D eigenvalue weighted by Gasteiger charge is -2.35. The molecule has 43 heavy (non-hydrogen) atoms. The van der Waals surface area contributed by atoms with Crippen LogP contribution in [0.15, 0.2) is 66.7 Å². The fraction of sp³-hybridized carbons (Fsp3) is 0.382. The van der Waals surface area contributed by atoms with Gasteiger partial charge in [-0.25, -0.2) is 4.79 Å². The van der Waals surface area contributed by atoms with Gasteiger partial charge >= 0.3 is 6.09 Å². The Morgan fingerprint density at radius 2 is 1.56 bits per heavy atom. The maximum absolute atomic E-state index is 14.6. The Balaban J connectivity index is 1.78. The van der Waals surface area contributed by atoms with Gasteiger partial charge in [0.2, 0.25) is 5.91 Å². The Morgan fingerprint density at radius 3 is 2.12 bits per heavy atom. The van der Waals surface area contributed by atoms with Crippen molar-refractivity contribution in [1.29, 1.82) is 0 Å². The lowest BCUT2D eigenvalue weighted by atomic mass is 9.98. The molecule has 1 aliphatic carbocycles. The van der Waals surface area contributed by atoms with Crippen LogP contribution >= 0.6 is 0 Å². The van der Waals surface area contributed by atoms with Crippen molar-refractivity contribution in [1.82, 2.24) is 10.2 Å². The minimum atomic E-state index is -1.19. The van der Waals surface area contributed by atoms with Crippen molar-refractivity contribution in [2.24, 2.45) is 5.92 Å². The molecule has 9 heteroatoms. The van der Waals surface area contributed by atoms with Crippen LogP contribution in [-0.4, -0.2) is 50.7 Å². The number of anilines is 1. The van der Waals surface area contributed by atoms with Crippen molar-refractivity contribution in [2.75, 3.05) is 5.32 Å². The van der Waals surface area contributed by atoms with Crippen LogP contribution in [-0.2, 0) is 20.7 Å². The fourth-order valence-corrected chi connectivity index (χ4v) is 5.21. The van der Waals surface area contributed by atoms with Gasteiger partial charge in [0.15, 0.2) is 0 Å². The summed E-state index contributed by atoms with van der Waals surface area (Å²) < 4.78 is 5.49. The lowest BCUT2D eigenvalue weighted by Crippen LogP contribution is -2.54. The fourth-order valence-electron chi connectivity index (χ4n) is 5.21. The first kappa shape index (κ1) is 31.4. The summed E-state index contributed by atoms with van der Waals surface area (Å²) in [5, 5.41) is 26.5. The van der Waals surface area contributed by atoms with Crippen molar-refractivity contribution in [3.05, 3.63) is 89.0 Å². The van der Waals surface area contributed by atoms with Crippen LogP contribution in [0.4, 0.5) is 10.5 Å². The molecule has 1 fully saturated rings. The normalized spacial score (nSPS) is 17.3. The Morgan fingerprint density at radius 1 is 0.953 bits per heavy atom. The molecule has 0 heterocycles. The molecule has 0 spiro atoms. The van der Waals surface area contributed by atoms with Crippen LogP contribution in [0.1, 0.15) is 62.4 Å². The molecule has 3 aromatic rings. The summed E-state index contributed by atoms with van der Waals surface area (Å²) in [7, 11) is 0. The average Bonchev–Trinajstić information content (AvgIpc) is 3.64. The Hall–Kier alpha value is -4.53. The van der Waals surface area contributed by atoms with Crippen molar-refractivity contribution in [3.8, 4) is 11.5 Å². The molecule has 0 aliphatic heterocycles. The van der Waals surface area contributed by atoms with Gasteiger partial charge in [-0.2, -0.15) is 0 Å². The maximum atomic E-state index is 14.6. The molecule has 4 atom stereocenters. The predicted octanol–water partition coefficient (Wildman–Crippen LogP) is 5.77. The van der Waals surface area contributed by atoms with E-state index in [4.69, 9.17) is 4.74 Å². The van der Waals surface area contributed by atoms with Crippen LogP contribution < -0.4 is 10.6 Å². The predicted molar refractivity (Wildman–Crippen MR) is 165 cm³/mol. The van der Waals surface area contributed by atoms with E-state index in [-0.39, 0.29) is 35.4 Å². The monoisotopic (exact) mass is 587 g/mol. The topological polar surface area (TPSA) is 128 Å². The molecular formula is C34H41N3O6. The van der Waals surface area contributed by atoms with Crippen LogP contribution in [0, 0.1) is 19.8 Å². The number of phenolic OH excluding ortho intramolecular Hbond substituents is 2. The molecule has 4 N–H and O–H groups in total. The Kier molecular flexibility index (Phi) is 9.33. The van der Waals surface area contributed by atoms with E-state index < -0.39 is 35.6 Å². The van der Waals surface area contributed by atoms with Gasteiger partial charge in [0.05, 0.1) is 0 Å². The van der Waals surface area contributed by atoms with E-state index >= 15 is 0 Å². The number of nitrogens with one attached hydrogen (secondary N) is 2. The van der Waals surface area contributed by atoms with Crippen LogP contribution in [0.2, 0.25) is 0 Å². The molecule has 3 aromatic carbocycles. The number of carbonyl (C=O) groups excluding carboxylic acids is 3. The molecule has 3 amide bonds. The van der Waals surface area contributed by atoms with Crippen molar-refractivity contribution < 1.29 is 29.3 Å². The number of phenols is 2. The van der Waals surface area contributed by atoms with Crippen LogP contribution in [0.3, 0.4) is 0 Å². The molecule has 0 aromatic heterocycles. The van der Waals surface area contributed by atoms with Gasteiger partial charge in [0.1, 0.15) is 29.2 Å². The number of aryl methyl sites for hydroxylation is 2. The summed E-state index contributed by atoms with van der Waals surface area (Å²) >= 11 is 0. The van der Waals surface area contributed by atoms with Crippen molar-refractivity contribution >= 4 is 23.6 Å². The van der Waals surface area contributed by atoms with Gasteiger partial charge in [0.25, 0.3) is 5.91 Å². The SMILES string of the molecule is Cc1cccc(C)c1NC(=O)C(c1ccccc1O)N(C(=O)C(Cc1ccc(O)cc1)NC(=O)OC(C)(C)C)C1CC1C.